The average molecular weight is 366 g/mol. The van der Waals surface area contributed by atoms with Crippen LogP contribution in [0.5, 0.6) is 0 Å². The number of benzene rings is 2. The predicted octanol–water partition coefficient (Wildman–Crippen LogP) is 3.55. The number of rotatable bonds is 4. The molecule has 0 amide bonds. The Morgan fingerprint density at radius 3 is 2.22 bits per heavy atom. The van der Waals surface area contributed by atoms with Gasteiger partial charge in [0.1, 0.15) is 12.2 Å². The van der Waals surface area contributed by atoms with Crippen molar-refractivity contribution in [2.24, 2.45) is 0 Å². The Kier molecular flexibility index (Phi) is 5.07. The van der Waals surface area contributed by atoms with Crippen LogP contribution in [0.3, 0.4) is 0 Å². The van der Waals surface area contributed by atoms with Gasteiger partial charge in [0.2, 0.25) is 0 Å². The molecule has 0 N–H and O–H groups in total. The second-order valence-corrected chi connectivity index (χ2v) is 6.12. The summed E-state index contributed by atoms with van der Waals surface area (Å²) >= 11 is 0. The molecule has 6 heteroatoms. The van der Waals surface area contributed by atoms with Crippen molar-refractivity contribution >= 4 is 22.9 Å². The van der Waals surface area contributed by atoms with Crippen LogP contribution < -0.4 is 5.63 Å². The molecule has 0 aliphatic rings. The van der Waals surface area contributed by atoms with Crippen LogP contribution in [-0.4, -0.2) is 19.0 Å². The monoisotopic (exact) mass is 366 g/mol. The molecule has 0 fully saturated rings. The maximum absolute atomic E-state index is 12.3. The van der Waals surface area contributed by atoms with E-state index in [0.717, 1.165) is 16.5 Å². The Morgan fingerprint density at radius 2 is 1.59 bits per heavy atom. The minimum Gasteiger partial charge on any atom is -0.465 e. The molecule has 0 aliphatic carbocycles. The second-order valence-electron chi connectivity index (χ2n) is 6.12. The summed E-state index contributed by atoms with van der Waals surface area (Å²) in [6.45, 7) is 3.74. The molecule has 0 aliphatic heterocycles. The third kappa shape index (κ3) is 3.74. The topological polar surface area (TPSA) is 82.8 Å². The number of hydrogen-bond acceptors (Lipinski definition) is 6. The Morgan fingerprint density at radius 1 is 0.963 bits per heavy atom. The number of ether oxygens (including phenoxy) is 2. The van der Waals surface area contributed by atoms with E-state index < -0.39 is 17.6 Å². The lowest BCUT2D eigenvalue weighted by Crippen LogP contribution is -2.09. The summed E-state index contributed by atoms with van der Waals surface area (Å²) < 4.78 is 15.3. The number of methoxy groups -OCH3 is 1. The molecule has 3 aromatic rings. The van der Waals surface area contributed by atoms with Gasteiger partial charge in [-0.1, -0.05) is 12.1 Å². The van der Waals surface area contributed by atoms with E-state index >= 15 is 0 Å². The number of hydrogen-bond donors (Lipinski definition) is 0. The van der Waals surface area contributed by atoms with Crippen LogP contribution in [-0.2, 0) is 16.1 Å². The second kappa shape index (κ2) is 7.45. The Hall–Kier alpha value is -3.41. The highest BCUT2D eigenvalue weighted by atomic mass is 16.5. The van der Waals surface area contributed by atoms with E-state index in [9.17, 15) is 14.4 Å². The smallest absolute Gasteiger partial charge is 0.338 e. The van der Waals surface area contributed by atoms with E-state index in [-0.39, 0.29) is 6.61 Å². The summed E-state index contributed by atoms with van der Waals surface area (Å²) in [6, 6.07) is 11.0. The van der Waals surface area contributed by atoms with E-state index in [4.69, 9.17) is 9.15 Å². The molecule has 1 heterocycles. The summed E-state index contributed by atoms with van der Waals surface area (Å²) in [6.07, 6.45) is 0. The van der Waals surface area contributed by atoms with Crippen LogP contribution >= 0.6 is 0 Å². The standard InChI is InChI=1S/C21H18O6/c1-12-4-9-17-16(10-18(22)27-19(17)13(12)2)11-26-21(24)15-7-5-14(6-8-15)20(23)25-3/h4-10H,11H2,1-3H3. The number of esters is 2. The van der Waals surface area contributed by atoms with Crippen molar-refractivity contribution in [2.45, 2.75) is 20.5 Å². The average Bonchev–Trinajstić information content (AvgIpc) is 2.68. The molecule has 0 saturated carbocycles. The molecule has 0 bridgehead atoms. The number of fused-ring (bicyclic) bond motifs is 1. The fraction of sp³-hybridized carbons (Fsp3) is 0.190. The lowest BCUT2D eigenvalue weighted by molar-refractivity contribution is 0.0472. The van der Waals surface area contributed by atoms with Gasteiger partial charge in [0.05, 0.1) is 18.2 Å². The minimum atomic E-state index is -0.559. The van der Waals surface area contributed by atoms with Crippen molar-refractivity contribution in [1.82, 2.24) is 0 Å². The quantitative estimate of drug-likeness (QED) is 0.519. The van der Waals surface area contributed by atoms with Crippen LogP contribution in [0.4, 0.5) is 0 Å². The first-order chi connectivity index (χ1) is 12.9. The van der Waals surface area contributed by atoms with Crippen molar-refractivity contribution in [2.75, 3.05) is 7.11 Å². The molecule has 3 rings (SSSR count). The van der Waals surface area contributed by atoms with Crippen LogP contribution in [0.15, 0.2) is 51.7 Å². The zero-order valence-electron chi connectivity index (χ0n) is 15.2. The predicted molar refractivity (Wildman–Crippen MR) is 98.9 cm³/mol. The summed E-state index contributed by atoms with van der Waals surface area (Å²) in [5, 5.41) is 0.728. The molecular formula is C21H18O6. The molecule has 0 atom stereocenters. The van der Waals surface area contributed by atoms with Crippen molar-refractivity contribution < 1.29 is 23.5 Å². The van der Waals surface area contributed by atoms with Crippen molar-refractivity contribution in [1.29, 1.82) is 0 Å². The molecule has 2 aromatic carbocycles. The lowest BCUT2D eigenvalue weighted by atomic mass is 10.0. The normalized spacial score (nSPS) is 10.6. The Labute approximate surface area is 155 Å². The van der Waals surface area contributed by atoms with Crippen molar-refractivity contribution in [3.63, 3.8) is 0 Å². The van der Waals surface area contributed by atoms with Gasteiger partial charge in [-0.25, -0.2) is 14.4 Å². The highest BCUT2D eigenvalue weighted by Gasteiger charge is 2.13. The molecule has 1 aromatic heterocycles. The van der Waals surface area contributed by atoms with Crippen LogP contribution in [0.2, 0.25) is 0 Å². The third-order valence-corrected chi connectivity index (χ3v) is 4.42. The fourth-order valence-corrected chi connectivity index (χ4v) is 2.73. The Bertz CT molecular complexity index is 1080. The van der Waals surface area contributed by atoms with Gasteiger partial charge in [-0.15, -0.1) is 0 Å². The first-order valence-corrected chi connectivity index (χ1v) is 8.29. The fourth-order valence-electron chi connectivity index (χ4n) is 2.73. The van der Waals surface area contributed by atoms with Gasteiger partial charge in [-0.2, -0.15) is 0 Å². The van der Waals surface area contributed by atoms with Crippen LogP contribution in [0.1, 0.15) is 37.4 Å². The Balaban J connectivity index is 1.82. The van der Waals surface area contributed by atoms with Gasteiger partial charge >= 0.3 is 17.6 Å². The lowest BCUT2D eigenvalue weighted by Gasteiger charge is -2.10. The largest absolute Gasteiger partial charge is 0.465 e. The summed E-state index contributed by atoms with van der Waals surface area (Å²) in [5.74, 6) is -1.04. The number of carbonyl (C=O) groups excluding carboxylic acids is 2. The van der Waals surface area contributed by atoms with Gasteiger partial charge in [-0.3, -0.25) is 0 Å². The minimum absolute atomic E-state index is 0.0673. The van der Waals surface area contributed by atoms with E-state index in [1.54, 1.807) is 0 Å². The van der Waals surface area contributed by atoms with Crippen molar-refractivity contribution in [3.05, 3.63) is 80.7 Å². The highest BCUT2D eigenvalue weighted by molar-refractivity contribution is 5.93. The molecule has 0 saturated heterocycles. The molecule has 27 heavy (non-hydrogen) atoms. The first-order valence-electron chi connectivity index (χ1n) is 8.29. The third-order valence-electron chi connectivity index (χ3n) is 4.42. The molecule has 0 unspecified atom stereocenters. The zero-order chi connectivity index (χ0) is 19.6. The molecular weight excluding hydrogens is 348 g/mol. The maximum Gasteiger partial charge on any atom is 0.338 e. The van der Waals surface area contributed by atoms with Gasteiger partial charge in [0.15, 0.2) is 0 Å². The number of aryl methyl sites for hydroxylation is 2. The number of carbonyl (C=O) groups is 2. The molecule has 0 spiro atoms. The van der Waals surface area contributed by atoms with Gasteiger partial charge in [-0.05, 0) is 49.2 Å². The summed E-state index contributed by atoms with van der Waals surface area (Å²) in [4.78, 5) is 35.6. The van der Waals surface area contributed by atoms with E-state index in [1.807, 2.05) is 26.0 Å². The molecule has 6 nitrogen and oxygen atoms in total. The summed E-state index contributed by atoms with van der Waals surface area (Å²) in [7, 11) is 1.29. The maximum atomic E-state index is 12.3. The van der Waals surface area contributed by atoms with Gasteiger partial charge in [0.25, 0.3) is 0 Å². The summed E-state index contributed by atoms with van der Waals surface area (Å²) in [5.41, 5.74) is 3.08. The first kappa shape index (κ1) is 18.4. The van der Waals surface area contributed by atoms with Gasteiger partial charge in [0, 0.05) is 17.0 Å². The van der Waals surface area contributed by atoms with Crippen LogP contribution in [0, 0.1) is 13.8 Å². The highest BCUT2D eigenvalue weighted by Crippen LogP contribution is 2.24. The van der Waals surface area contributed by atoms with Crippen LogP contribution in [0.25, 0.3) is 11.0 Å². The SMILES string of the molecule is COC(=O)c1ccc(C(=O)OCc2cc(=O)oc3c(C)c(C)ccc23)cc1. The molecule has 0 radical (unpaired) electrons. The van der Waals surface area contributed by atoms with E-state index in [2.05, 4.69) is 4.74 Å². The van der Waals surface area contributed by atoms with E-state index in [0.29, 0.717) is 22.3 Å². The van der Waals surface area contributed by atoms with E-state index in [1.165, 1.54) is 37.4 Å². The zero-order valence-corrected chi connectivity index (χ0v) is 15.2. The van der Waals surface area contributed by atoms with Crippen molar-refractivity contribution in [3.8, 4) is 0 Å². The van der Waals surface area contributed by atoms with Gasteiger partial charge < -0.3 is 13.9 Å². The molecule has 138 valence electrons.